The zero-order valence-electron chi connectivity index (χ0n) is 9.73. The van der Waals surface area contributed by atoms with Gasteiger partial charge in [-0.2, -0.15) is 0 Å². The topological polar surface area (TPSA) is 37.4 Å². The molecular weight excluding hydrogens is 273 g/mol. The molecule has 2 rings (SSSR count). The van der Waals surface area contributed by atoms with Crippen molar-refractivity contribution < 1.29 is 9.59 Å². The van der Waals surface area contributed by atoms with Crippen molar-refractivity contribution in [3.8, 4) is 0 Å². The van der Waals surface area contributed by atoms with Crippen molar-refractivity contribution >= 4 is 35.0 Å². The largest absolute Gasteiger partial charge is 0.276 e. The summed E-state index contributed by atoms with van der Waals surface area (Å²) in [5.41, 5.74) is 0.469. The third-order valence-electron chi connectivity index (χ3n) is 2.95. The zero-order chi connectivity index (χ0) is 13.2. The quantitative estimate of drug-likeness (QED) is 0.588. The first-order chi connectivity index (χ1) is 8.52. The fraction of sp³-hybridized carbons (Fsp3) is 0.385. The summed E-state index contributed by atoms with van der Waals surface area (Å²) in [6.07, 6.45) is 1.84. The van der Waals surface area contributed by atoms with Gasteiger partial charge in [0.15, 0.2) is 4.33 Å². The molecule has 2 amide bonds. The maximum atomic E-state index is 12.2. The lowest BCUT2D eigenvalue weighted by molar-refractivity contribution is -0.128. The van der Waals surface area contributed by atoms with Crippen LogP contribution in [0, 0.1) is 0 Å². The molecule has 0 spiro atoms. The molecule has 1 aromatic carbocycles. The highest BCUT2D eigenvalue weighted by Crippen LogP contribution is 2.33. The Bertz CT molecular complexity index is 459. The van der Waals surface area contributed by atoms with Crippen molar-refractivity contribution in [2.24, 2.45) is 0 Å². The Kier molecular flexibility index (Phi) is 3.93. The minimum absolute atomic E-state index is 0.340. The van der Waals surface area contributed by atoms with Gasteiger partial charge in [0.1, 0.15) is 0 Å². The zero-order valence-corrected chi connectivity index (χ0v) is 11.2. The Morgan fingerprint density at radius 3 is 2.50 bits per heavy atom. The summed E-state index contributed by atoms with van der Waals surface area (Å²) in [4.78, 5) is 25.5. The number of rotatable bonds is 1. The van der Waals surface area contributed by atoms with Crippen LogP contribution in [0.3, 0.4) is 0 Å². The first-order valence-corrected chi connectivity index (χ1v) is 6.57. The average molecular weight is 286 g/mol. The molecule has 0 N–H and O–H groups in total. The van der Waals surface area contributed by atoms with Crippen molar-refractivity contribution in [1.82, 2.24) is 4.90 Å². The first-order valence-electron chi connectivity index (χ1n) is 5.81. The predicted molar refractivity (Wildman–Crippen MR) is 70.8 cm³/mol. The summed E-state index contributed by atoms with van der Waals surface area (Å²) in [7, 11) is 0. The number of alkyl halides is 2. The molecule has 1 aliphatic rings. The van der Waals surface area contributed by atoms with E-state index in [2.05, 4.69) is 0 Å². The van der Waals surface area contributed by atoms with E-state index in [1.165, 1.54) is 0 Å². The Labute approximate surface area is 116 Å². The van der Waals surface area contributed by atoms with Gasteiger partial charge < -0.3 is 0 Å². The summed E-state index contributed by atoms with van der Waals surface area (Å²) < 4.78 is -1.49. The highest BCUT2D eigenvalue weighted by Gasteiger charge is 2.41. The van der Waals surface area contributed by atoms with E-state index < -0.39 is 10.2 Å². The van der Waals surface area contributed by atoms with E-state index in [9.17, 15) is 9.59 Å². The van der Waals surface area contributed by atoms with Crippen molar-refractivity contribution in [2.45, 2.75) is 23.6 Å². The second-order valence-electron chi connectivity index (χ2n) is 4.29. The minimum atomic E-state index is -1.49. The molecular formula is C13H13Cl2NO2. The number of benzene rings is 1. The number of hydrogen-bond acceptors (Lipinski definition) is 2. The number of carbonyl (C=O) groups excluding carboxylic acids is 2. The Balaban J connectivity index is 2.26. The van der Waals surface area contributed by atoms with Crippen LogP contribution in [0.5, 0.6) is 0 Å². The van der Waals surface area contributed by atoms with E-state index in [4.69, 9.17) is 23.2 Å². The third-order valence-corrected chi connectivity index (χ3v) is 3.65. The second kappa shape index (κ2) is 5.29. The summed E-state index contributed by atoms with van der Waals surface area (Å²) in [5.74, 6) is -0.856. The molecule has 18 heavy (non-hydrogen) atoms. The van der Waals surface area contributed by atoms with E-state index in [1.54, 1.807) is 24.3 Å². The molecule has 96 valence electrons. The monoisotopic (exact) mass is 285 g/mol. The molecule has 3 nitrogen and oxygen atoms in total. The van der Waals surface area contributed by atoms with Crippen LogP contribution in [0.25, 0.3) is 0 Å². The summed E-state index contributed by atoms with van der Waals surface area (Å²) >= 11 is 12.0. The van der Waals surface area contributed by atoms with Gasteiger partial charge >= 0.3 is 0 Å². The standard InChI is InChI=1S/C13H13Cl2NO2/c14-13(15)8-4-5-9-16(12(13)18)11(17)10-6-2-1-3-7-10/h1-3,6-7H,4-5,8-9H2. The number of amides is 2. The van der Waals surface area contributed by atoms with Gasteiger partial charge in [0, 0.05) is 12.1 Å². The number of carbonyl (C=O) groups is 2. The van der Waals surface area contributed by atoms with Gasteiger partial charge in [-0.3, -0.25) is 14.5 Å². The number of halogens is 2. The molecule has 0 radical (unpaired) electrons. The molecule has 0 saturated carbocycles. The van der Waals surface area contributed by atoms with Crippen LogP contribution in [-0.2, 0) is 4.79 Å². The van der Waals surface area contributed by atoms with Gasteiger partial charge in [-0.25, -0.2) is 0 Å². The first kappa shape index (κ1) is 13.4. The van der Waals surface area contributed by atoms with E-state index in [0.29, 0.717) is 18.5 Å². The lowest BCUT2D eigenvalue weighted by Crippen LogP contribution is -2.44. The Hall–Kier alpha value is -1.06. The van der Waals surface area contributed by atoms with Gasteiger partial charge in [-0.15, -0.1) is 0 Å². The number of imide groups is 1. The van der Waals surface area contributed by atoms with E-state index in [1.807, 2.05) is 6.07 Å². The number of likely N-dealkylation sites (tertiary alicyclic amines) is 1. The van der Waals surface area contributed by atoms with Crippen molar-refractivity contribution in [1.29, 1.82) is 0 Å². The molecule has 1 fully saturated rings. The van der Waals surface area contributed by atoms with Gasteiger partial charge in [0.25, 0.3) is 11.8 Å². The average Bonchev–Trinajstić information content (AvgIpc) is 2.50. The van der Waals surface area contributed by atoms with E-state index in [-0.39, 0.29) is 5.91 Å². The van der Waals surface area contributed by atoms with E-state index >= 15 is 0 Å². The van der Waals surface area contributed by atoms with Crippen LogP contribution in [-0.4, -0.2) is 27.6 Å². The molecule has 0 atom stereocenters. The smallest absolute Gasteiger partial charge is 0.265 e. The van der Waals surface area contributed by atoms with Crippen LogP contribution < -0.4 is 0 Å². The van der Waals surface area contributed by atoms with Crippen molar-refractivity contribution in [3.63, 3.8) is 0 Å². The maximum Gasteiger partial charge on any atom is 0.265 e. The van der Waals surface area contributed by atoms with Crippen LogP contribution in [0.15, 0.2) is 30.3 Å². The Morgan fingerprint density at radius 1 is 1.17 bits per heavy atom. The van der Waals surface area contributed by atoms with Crippen LogP contribution in [0.2, 0.25) is 0 Å². The lowest BCUT2D eigenvalue weighted by Gasteiger charge is -2.24. The molecule has 1 heterocycles. The fourth-order valence-corrected chi connectivity index (χ4v) is 2.42. The third kappa shape index (κ3) is 2.68. The Morgan fingerprint density at radius 2 is 1.83 bits per heavy atom. The molecule has 0 bridgehead atoms. The molecule has 0 unspecified atom stereocenters. The van der Waals surface area contributed by atoms with Crippen LogP contribution in [0.1, 0.15) is 29.6 Å². The maximum absolute atomic E-state index is 12.2. The summed E-state index contributed by atoms with van der Waals surface area (Å²) in [5, 5.41) is 0. The highest BCUT2D eigenvalue weighted by atomic mass is 35.5. The molecule has 1 aliphatic heterocycles. The molecule has 0 aromatic heterocycles. The van der Waals surface area contributed by atoms with Crippen LogP contribution >= 0.6 is 23.2 Å². The van der Waals surface area contributed by atoms with Crippen LogP contribution in [0.4, 0.5) is 0 Å². The number of nitrogens with zero attached hydrogens (tertiary/aromatic N) is 1. The van der Waals surface area contributed by atoms with Gasteiger partial charge in [0.05, 0.1) is 0 Å². The number of hydrogen-bond donors (Lipinski definition) is 0. The second-order valence-corrected chi connectivity index (χ2v) is 5.77. The summed E-state index contributed by atoms with van der Waals surface area (Å²) in [6.45, 7) is 0.369. The summed E-state index contributed by atoms with van der Waals surface area (Å²) in [6, 6.07) is 8.66. The van der Waals surface area contributed by atoms with Crippen molar-refractivity contribution in [3.05, 3.63) is 35.9 Å². The molecule has 5 heteroatoms. The highest BCUT2D eigenvalue weighted by molar-refractivity contribution is 6.58. The van der Waals surface area contributed by atoms with E-state index in [0.717, 1.165) is 17.7 Å². The molecule has 1 saturated heterocycles. The lowest BCUT2D eigenvalue weighted by atomic mass is 10.2. The fourth-order valence-electron chi connectivity index (χ4n) is 1.95. The van der Waals surface area contributed by atoms with Crippen molar-refractivity contribution in [2.75, 3.05) is 6.54 Å². The van der Waals surface area contributed by atoms with Gasteiger partial charge in [-0.1, -0.05) is 41.4 Å². The van der Waals surface area contributed by atoms with Gasteiger partial charge in [-0.05, 0) is 31.4 Å². The minimum Gasteiger partial charge on any atom is -0.276 e. The molecule has 1 aromatic rings. The SMILES string of the molecule is O=C(c1ccccc1)N1CCCCC(Cl)(Cl)C1=O. The normalized spacial score (nSPS) is 19.4. The van der Waals surface area contributed by atoms with Gasteiger partial charge in [0.2, 0.25) is 0 Å². The predicted octanol–water partition coefficient (Wildman–Crippen LogP) is 3.01. The molecule has 0 aliphatic carbocycles.